The van der Waals surface area contributed by atoms with Crippen molar-refractivity contribution in [2.45, 2.75) is 52.5 Å². The first-order chi connectivity index (χ1) is 7.26. The van der Waals surface area contributed by atoms with Crippen LogP contribution in [0, 0.1) is 0 Å². The maximum Gasteiger partial charge on any atom is 0.0624 e. The normalized spacial score (nSPS) is 13.1. The van der Waals surface area contributed by atoms with Gasteiger partial charge in [0.15, 0.2) is 0 Å². The van der Waals surface area contributed by atoms with Crippen LogP contribution >= 0.6 is 0 Å². The monoisotopic (exact) mass is 209 g/mol. The Labute approximate surface area is 92.7 Å². The number of rotatable bonds is 6. The zero-order chi connectivity index (χ0) is 11.3. The van der Waals surface area contributed by atoms with Gasteiger partial charge in [-0.2, -0.15) is 5.10 Å². The molecule has 0 bridgehead atoms. The van der Waals surface area contributed by atoms with E-state index in [1.807, 2.05) is 0 Å². The molecule has 0 aliphatic heterocycles. The van der Waals surface area contributed by atoms with E-state index in [0.29, 0.717) is 6.04 Å². The summed E-state index contributed by atoms with van der Waals surface area (Å²) >= 11 is 0. The lowest BCUT2D eigenvalue weighted by Crippen LogP contribution is -2.16. The summed E-state index contributed by atoms with van der Waals surface area (Å²) in [6.07, 6.45) is 4.19. The first kappa shape index (κ1) is 12.2. The van der Waals surface area contributed by atoms with Gasteiger partial charge >= 0.3 is 0 Å². The largest absolute Gasteiger partial charge is 0.330 e. The maximum atomic E-state index is 5.63. The molecule has 3 heteroatoms. The average Bonchev–Trinajstić information content (AvgIpc) is 2.68. The predicted octanol–water partition coefficient (Wildman–Crippen LogP) is 2.31. The van der Waals surface area contributed by atoms with Crippen LogP contribution in [0.1, 0.15) is 51.0 Å². The third-order valence-corrected chi connectivity index (χ3v) is 2.91. The van der Waals surface area contributed by atoms with E-state index in [-0.39, 0.29) is 0 Å². The summed E-state index contributed by atoms with van der Waals surface area (Å²) < 4.78 is 2.19. The number of hydrogen-bond acceptors (Lipinski definition) is 2. The zero-order valence-corrected chi connectivity index (χ0v) is 10.2. The summed E-state index contributed by atoms with van der Waals surface area (Å²) in [6.45, 7) is 7.27. The highest BCUT2D eigenvalue weighted by Gasteiger charge is 2.13. The fourth-order valence-electron chi connectivity index (χ4n) is 1.93. The molecule has 0 radical (unpaired) electrons. The molecule has 0 spiro atoms. The van der Waals surface area contributed by atoms with Gasteiger partial charge in [0.2, 0.25) is 0 Å². The summed E-state index contributed by atoms with van der Waals surface area (Å²) in [5, 5.41) is 4.65. The molecule has 0 fully saturated rings. The average molecular weight is 209 g/mol. The van der Waals surface area contributed by atoms with Crippen LogP contribution in [0.3, 0.4) is 0 Å². The molecule has 1 aromatic rings. The lowest BCUT2D eigenvalue weighted by atomic mass is 10.1. The Morgan fingerprint density at radius 1 is 1.33 bits per heavy atom. The Kier molecular flexibility index (Phi) is 4.82. The number of nitrogens with zero attached hydrogens (tertiary/aromatic N) is 2. The van der Waals surface area contributed by atoms with Crippen molar-refractivity contribution in [2.75, 3.05) is 6.54 Å². The van der Waals surface area contributed by atoms with Crippen LogP contribution in [-0.4, -0.2) is 16.3 Å². The third kappa shape index (κ3) is 2.81. The minimum absolute atomic E-state index is 0.477. The number of aromatic nitrogens is 2. The highest BCUT2D eigenvalue weighted by Crippen LogP contribution is 2.18. The van der Waals surface area contributed by atoms with Crippen LogP contribution in [0.15, 0.2) is 6.07 Å². The quantitative estimate of drug-likeness (QED) is 0.781. The van der Waals surface area contributed by atoms with Gasteiger partial charge in [0.05, 0.1) is 11.7 Å². The molecule has 15 heavy (non-hydrogen) atoms. The molecule has 0 aliphatic carbocycles. The van der Waals surface area contributed by atoms with Crippen LogP contribution < -0.4 is 5.73 Å². The van der Waals surface area contributed by atoms with Crippen molar-refractivity contribution >= 4 is 0 Å². The first-order valence-electron chi connectivity index (χ1n) is 6.04. The Bertz CT molecular complexity index is 291. The summed E-state index contributed by atoms with van der Waals surface area (Å²) in [7, 11) is 0. The van der Waals surface area contributed by atoms with Crippen molar-refractivity contribution in [1.29, 1.82) is 0 Å². The first-order valence-corrected chi connectivity index (χ1v) is 6.04. The van der Waals surface area contributed by atoms with E-state index < -0.39 is 0 Å². The smallest absolute Gasteiger partial charge is 0.0624 e. The van der Waals surface area contributed by atoms with E-state index in [1.165, 1.54) is 11.4 Å². The van der Waals surface area contributed by atoms with Gasteiger partial charge in [0.25, 0.3) is 0 Å². The van der Waals surface area contributed by atoms with Gasteiger partial charge in [0.1, 0.15) is 0 Å². The molecule has 0 saturated heterocycles. The molecule has 1 aromatic heterocycles. The van der Waals surface area contributed by atoms with E-state index in [0.717, 1.165) is 32.2 Å². The Balaban J connectivity index is 2.93. The topological polar surface area (TPSA) is 43.8 Å². The van der Waals surface area contributed by atoms with Gasteiger partial charge in [-0.3, -0.25) is 4.68 Å². The summed E-state index contributed by atoms with van der Waals surface area (Å²) in [5.41, 5.74) is 8.17. The van der Waals surface area contributed by atoms with Gasteiger partial charge in [0, 0.05) is 5.69 Å². The summed E-state index contributed by atoms with van der Waals surface area (Å²) in [4.78, 5) is 0. The summed E-state index contributed by atoms with van der Waals surface area (Å²) in [6, 6.07) is 2.70. The van der Waals surface area contributed by atoms with Crippen LogP contribution in [0.25, 0.3) is 0 Å². The fraction of sp³-hybridized carbons (Fsp3) is 0.750. The van der Waals surface area contributed by atoms with Crippen molar-refractivity contribution in [3.8, 4) is 0 Å². The lowest BCUT2D eigenvalue weighted by Gasteiger charge is -2.17. The highest BCUT2D eigenvalue weighted by molar-refractivity contribution is 5.11. The molecule has 1 rings (SSSR count). The molecule has 0 aliphatic rings. The molecule has 3 nitrogen and oxygen atoms in total. The van der Waals surface area contributed by atoms with E-state index in [2.05, 4.69) is 36.6 Å². The van der Waals surface area contributed by atoms with Gasteiger partial charge in [-0.25, -0.2) is 0 Å². The second kappa shape index (κ2) is 5.91. The minimum Gasteiger partial charge on any atom is -0.330 e. The predicted molar refractivity (Wildman–Crippen MR) is 64.0 cm³/mol. The number of aryl methyl sites for hydroxylation is 2. The molecule has 86 valence electrons. The Morgan fingerprint density at radius 3 is 2.53 bits per heavy atom. The number of nitrogens with two attached hydrogens (primary N) is 1. The molecule has 0 amide bonds. The Hall–Kier alpha value is -0.830. The molecule has 2 N–H and O–H groups in total. The zero-order valence-electron chi connectivity index (χ0n) is 10.2. The standard InChI is InChI=1S/C12H23N3/c1-4-10-9-12(6-3)15(14-10)11(5-2)7-8-13/h9,11H,4-8,13H2,1-3H3. The van der Waals surface area contributed by atoms with E-state index in [4.69, 9.17) is 5.73 Å². The van der Waals surface area contributed by atoms with Crippen molar-refractivity contribution in [3.63, 3.8) is 0 Å². The van der Waals surface area contributed by atoms with Crippen molar-refractivity contribution in [3.05, 3.63) is 17.5 Å². The summed E-state index contributed by atoms with van der Waals surface area (Å²) in [5.74, 6) is 0. The lowest BCUT2D eigenvalue weighted by molar-refractivity contribution is 0.404. The molecule has 1 atom stereocenters. The molecular formula is C12H23N3. The molecular weight excluding hydrogens is 186 g/mol. The Morgan fingerprint density at radius 2 is 2.07 bits per heavy atom. The van der Waals surface area contributed by atoms with E-state index in [1.54, 1.807) is 0 Å². The van der Waals surface area contributed by atoms with E-state index >= 15 is 0 Å². The molecule has 0 saturated carbocycles. The van der Waals surface area contributed by atoms with Crippen molar-refractivity contribution in [1.82, 2.24) is 9.78 Å². The van der Waals surface area contributed by atoms with Crippen LogP contribution in [-0.2, 0) is 12.8 Å². The second-order valence-corrected chi connectivity index (χ2v) is 3.92. The third-order valence-electron chi connectivity index (χ3n) is 2.91. The van der Waals surface area contributed by atoms with Crippen molar-refractivity contribution in [2.24, 2.45) is 5.73 Å². The van der Waals surface area contributed by atoms with Crippen LogP contribution in [0.2, 0.25) is 0 Å². The fourth-order valence-corrected chi connectivity index (χ4v) is 1.93. The highest BCUT2D eigenvalue weighted by atomic mass is 15.3. The molecule has 1 heterocycles. The maximum absolute atomic E-state index is 5.63. The van der Waals surface area contributed by atoms with Gasteiger partial charge in [-0.15, -0.1) is 0 Å². The van der Waals surface area contributed by atoms with Gasteiger partial charge in [-0.1, -0.05) is 20.8 Å². The van der Waals surface area contributed by atoms with Gasteiger partial charge in [-0.05, 0) is 38.3 Å². The van der Waals surface area contributed by atoms with E-state index in [9.17, 15) is 0 Å². The molecule has 0 aromatic carbocycles. The minimum atomic E-state index is 0.477. The SMILES string of the molecule is CCc1cc(CC)n(C(CC)CCN)n1. The van der Waals surface area contributed by atoms with Gasteiger partial charge < -0.3 is 5.73 Å². The van der Waals surface area contributed by atoms with Crippen molar-refractivity contribution < 1.29 is 0 Å². The second-order valence-electron chi connectivity index (χ2n) is 3.92. The van der Waals surface area contributed by atoms with Crippen LogP contribution in [0.4, 0.5) is 0 Å². The molecule has 1 unspecified atom stereocenters. The number of hydrogen-bond donors (Lipinski definition) is 1. The van der Waals surface area contributed by atoms with Crippen LogP contribution in [0.5, 0.6) is 0 Å².